The van der Waals surface area contributed by atoms with Gasteiger partial charge < -0.3 is 0 Å². The van der Waals surface area contributed by atoms with Gasteiger partial charge >= 0.3 is 0 Å². The van der Waals surface area contributed by atoms with Crippen molar-refractivity contribution in [1.29, 1.82) is 0 Å². The maximum absolute atomic E-state index is 1.50. The molecule has 0 saturated carbocycles. The van der Waals surface area contributed by atoms with E-state index in [1.807, 2.05) is 0 Å². The summed E-state index contributed by atoms with van der Waals surface area (Å²) in [5.74, 6) is 0. The van der Waals surface area contributed by atoms with E-state index in [0.717, 1.165) is 0 Å². The van der Waals surface area contributed by atoms with Crippen LogP contribution in [-0.2, 0) is 0 Å². The summed E-state index contributed by atoms with van der Waals surface area (Å²) < 4.78 is 0. The molecule has 0 aromatic rings. The lowest BCUT2D eigenvalue weighted by Crippen LogP contribution is -1.87. The van der Waals surface area contributed by atoms with Gasteiger partial charge in [-0.3, -0.25) is 0 Å². The van der Waals surface area contributed by atoms with Crippen molar-refractivity contribution >= 4 is 14.6 Å². The molecule has 0 spiro atoms. The summed E-state index contributed by atoms with van der Waals surface area (Å²) in [4.78, 5) is 0. The van der Waals surface area contributed by atoms with Crippen LogP contribution in [0.15, 0.2) is 0 Å². The Hall–Kier alpha value is 0.130. The molecule has 1 aliphatic heterocycles. The van der Waals surface area contributed by atoms with Gasteiger partial charge in [-0.25, -0.2) is 0 Å². The molecule has 0 bridgehead atoms. The van der Waals surface area contributed by atoms with Crippen molar-refractivity contribution in [1.82, 2.24) is 0 Å². The van der Waals surface area contributed by atoms with Crippen molar-refractivity contribution in [3.8, 4) is 0 Å². The number of rotatable bonds is 0. The molecule has 0 radical (unpaired) electrons. The quantitative estimate of drug-likeness (QED) is 0.429. The first kappa shape index (κ1) is 7.24. The van der Waals surface area contributed by atoms with Gasteiger partial charge in [-0.05, 0) is 0 Å². The molecule has 2 heteroatoms. The van der Waals surface area contributed by atoms with Crippen molar-refractivity contribution in [3.63, 3.8) is 0 Å². The van der Waals surface area contributed by atoms with Crippen LogP contribution in [0.5, 0.6) is 0 Å². The van der Waals surface area contributed by atoms with E-state index in [2.05, 4.69) is 0 Å². The summed E-state index contributed by atoms with van der Waals surface area (Å²) in [6.45, 7) is 0. The van der Waals surface area contributed by atoms with E-state index in [4.69, 9.17) is 0 Å². The van der Waals surface area contributed by atoms with E-state index >= 15 is 0 Å². The van der Waals surface area contributed by atoms with Gasteiger partial charge in [0.05, 0.1) is 0 Å². The Bertz CT molecular complexity index is 35.4. The van der Waals surface area contributed by atoms with Crippen LogP contribution >= 0.6 is 0 Å². The second kappa shape index (κ2) is 4.96. The smallest absolute Gasteiger partial charge is 0.0781 e. The first-order valence-corrected chi connectivity index (χ1v) is 4.50. The molecular weight excluding hydrogens is 106 g/mol. The van der Waals surface area contributed by atoms with E-state index in [1.54, 1.807) is 0 Å². The Morgan fingerprint density at radius 3 is 1.56 bits per heavy atom. The Morgan fingerprint density at radius 1 is 0.556 bits per heavy atom. The molecule has 9 heavy (non-hydrogen) atoms. The highest BCUT2D eigenvalue weighted by molar-refractivity contribution is 6.37. The minimum Gasteiger partial charge on any atom is -0.0781 e. The fraction of sp³-hybridized carbons (Fsp3) is 1.00. The Kier molecular flexibility index (Phi) is 3.99. The van der Waals surface area contributed by atoms with Crippen molar-refractivity contribution < 1.29 is 0 Å². The Labute approximate surface area is 59.9 Å². The van der Waals surface area contributed by atoms with Gasteiger partial charge in [0.1, 0.15) is 14.6 Å². The highest BCUT2D eigenvalue weighted by Gasteiger charge is 1.98. The lowest BCUT2D eigenvalue weighted by Gasteiger charge is -1.92. The lowest BCUT2D eigenvalue weighted by atomic mass is 9.66. The van der Waals surface area contributed by atoms with Crippen LogP contribution in [0.4, 0.5) is 0 Å². The normalized spacial score (nSPS) is 22.2. The number of hydrogen-bond donors (Lipinski definition) is 0. The summed E-state index contributed by atoms with van der Waals surface area (Å²) in [6.07, 6.45) is 10.5. The summed E-state index contributed by atoms with van der Waals surface area (Å²) in [7, 11) is 3.00. The van der Waals surface area contributed by atoms with Gasteiger partial charge in [0.2, 0.25) is 0 Å². The zero-order valence-corrected chi connectivity index (χ0v) is 6.36. The molecule has 50 valence electrons. The highest BCUT2D eigenvalue weighted by atomic mass is 13.8. The molecule has 0 atom stereocenters. The standard InChI is InChI=1S/C7H16B2/c1-2-5-9-7-3-6-8-4-1/h8-9H,1-7H2. The van der Waals surface area contributed by atoms with E-state index in [1.165, 1.54) is 59.1 Å². The zero-order valence-electron chi connectivity index (χ0n) is 6.36. The van der Waals surface area contributed by atoms with Gasteiger partial charge in [0.15, 0.2) is 0 Å². The van der Waals surface area contributed by atoms with Crippen molar-refractivity contribution in [3.05, 3.63) is 0 Å². The third kappa shape index (κ3) is 3.66. The summed E-state index contributed by atoms with van der Waals surface area (Å²) in [5.41, 5.74) is 0. The van der Waals surface area contributed by atoms with Crippen LogP contribution in [-0.4, -0.2) is 14.6 Å². The molecule has 0 N–H and O–H groups in total. The molecule has 1 aliphatic rings. The third-order valence-corrected chi connectivity index (χ3v) is 2.25. The van der Waals surface area contributed by atoms with Crippen LogP contribution in [0.1, 0.15) is 19.3 Å². The fourth-order valence-corrected chi connectivity index (χ4v) is 1.59. The molecule has 0 unspecified atom stereocenters. The number of hydrogen-bond acceptors (Lipinski definition) is 0. The van der Waals surface area contributed by atoms with Gasteiger partial charge in [-0.2, -0.15) is 0 Å². The fourth-order valence-electron chi connectivity index (χ4n) is 1.59. The molecule has 0 aromatic heterocycles. The van der Waals surface area contributed by atoms with Crippen LogP contribution in [0.25, 0.3) is 0 Å². The molecule has 1 saturated heterocycles. The predicted molar refractivity (Wildman–Crippen MR) is 47.4 cm³/mol. The highest BCUT2D eigenvalue weighted by Crippen LogP contribution is 2.09. The zero-order chi connectivity index (χ0) is 6.36. The van der Waals surface area contributed by atoms with Crippen LogP contribution < -0.4 is 0 Å². The minimum absolute atomic E-state index is 1.50. The SMILES string of the molecule is B1CCCBCCCC1. The van der Waals surface area contributed by atoms with E-state index in [-0.39, 0.29) is 0 Å². The van der Waals surface area contributed by atoms with Crippen LogP contribution in [0, 0.1) is 0 Å². The maximum atomic E-state index is 1.50. The van der Waals surface area contributed by atoms with Gasteiger partial charge in [0, 0.05) is 0 Å². The minimum atomic E-state index is 1.50. The maximum Gasteiger partial charge on any atom is 0.120 e. The molecule has 1 fully saturated rings. The summed E-state index contributed by atoms with van der Waals surface area (Å²) >= 11 is 0. The molecule has 0 aromatic carbocycles. The molecule has 1 rings (SSSR count). The molecule has 0 amide bonds. The largest absolute Gasteiger partial charge is 0.120 e. The summed E-state index contributed by atoms with van der Waals surface area (Å²) in [5, 5.41) is 0. The topological polar surface area (TPSA) is 0 Å². The van der Waals surface area contributed by atoms with Crippen LogP contribution in [0.3, 0.4) is 0 Å². The lowest BCUT2D eigenvalue weighted by molar-refractivity contribution is 0.874. The molecule has 0 aliphatic carbocycles. The van der Waals surface area contributed by atoms with E-state index < -0.39 is 0 Å². The summed E-state index contributed by atoms with van der Waals surface area (Å²) in [6, 6.07) is 0. The van der Waals surface area contributed by atoms with Crippen molar-refractivity contribution in [2.45, 2.75) is 44.5 Å². The predicted octanol–water partition coefficient (Wildman–Crippen LogP) is 1.72. The second-order valence-electron chi connectivity index (χ2n) is 3.18. The van der Waals surface area contributed by atoms with Gasteiger partial charge in [0.25, 0.3) is 0 Å². The third-order valence-electron chi connectivity index (χ3n) is 2.25. The molecular formula is C7H16B2. The average Bonchev–Trinajstić information content (AvgIpc) is 2.00. The second-order valence-corrected chi connectivity index (χ2v) is 3.18. The van der Waals surface area contributed by atoms with Crippen LogP contribution in [0.2, 0.25) is 25.3 Å². The van der Waals surface area contributed by atoms with E-state index in [9.17, 15) is 0 Å². The first-order valence-electron chi connectivity index (χ1n) is 4.50. The molecule has 0 nitrogen and oxygen atoms in total. The average molecular weight is 122 g/mol. The first-order chi connectivity index (χ1) is 4.50. The van der Waals surface area contributed by atoms with E-state index in [0.29, 0.717) is 0 Å². The van der Waals surface area contributed by atoms with Crippen molar-refractivity contribution in [2.24, 2.45) is 0 Å². The van der Waals surface area contributed by atoms with Gasteiger partial charge in [-0.15, -0.1) is 0 Å². The van der Waals surface area contributed by atoms with Crippen molar-refractivity contribution in [2.75, 3.05) is 0 Å². The van der Waals surface area contributed by atoms with Gasteiger partial charge in [-0.1, -0.05) is 44.5 Å². The monoisotopic (exact) mass is 122 g/mol. The Morgan fingerprint density at radius 2 is 1.00 bits per heavy atom. The Balaban J connectivity index is 2.02. The molecule has 1 heterocycles.